The summed E-state index contributed by atoms with van der Waals surface area (Å²) < 4.78 is 48.8. The summed E-state index contributed by atoms with van der Waals surface area (Å²) in [6.07, 6.45) is 0. The Balaban J connectivity index is 1.62. The van der Waals surface area contributed by atoms with E-state index in [-0.39, 0.29) is 46.0 Å². The molecule has 0 spiro atoms. The van der Waals surface area contributed by atoms with Crippen LogP contribution in [-0.4, -0.2) is 52.3 Å². The molecule has 12 nitrogen and oxygen atoms in total. The van der Waals surface area contributed by atoms with Crippen molar-refractivity contribution >= 4 is 67.0 Å². The van der Waals surface area contributed by atoms with Crippen LogP contribution in [0.15, 0.2) is 109 Å². The smallest absolute Gasteiger partial charge is 0.308 e. The summed E-state index contributed by atoms with van der Waals surface area (Å²) in [7, 11) is 5.86. The molecule has 0 heterocycles. The Kier molecular flexibility index (Phi) is 11.5. The summed E-state index contributed by atoms with van der Waals surface area (Å²) in [4.78, 5) is 51.8. The molecule has 0 bridgehead atoms. The van der Waals surface area contributed by atoms with Crippen LogP contribution in [0.3, 0.4) is 0 Å². The van der Waals surface area contributed by atoms with Crippen LogP contribution in [0.2, 0.25) is 0 Å². The number of hydrogen-bond donors (Lipinski definition) is 0. The number of benzene rings is 8. The van der Waals surface area contributed by atoms with Crippen LogP contribution in [0.5, 0.6) is 46.0 Å². The molecule has 0 aliphatic rings. The lowest BCUT2D eigenvalue weighted by molar-refractivity contribution is -0.133. The second kappa shape index (κ2) is 17.3. The summed E-state index contributed by atoms with van der Waals surface area (Å²) in [6, 6.07) is 33.4. The third-order valence-electron chi connectivity index (χ3n) is 10.8. The lowest BCUT2D eigenvalue weighted by Gasteiger charge is -2.27. The van der Waals surface area contributed by atoms with Crippen LogP contribution in [0.25, 0.3) is 76.5 Å². The molecule has 0 atom stereocenters. The van der Waals surface area contributed by atoms with Crippen molar-refractivity contribution in [1.29, 1.82) is 0 Å². The monoisotopic (exact) mass is 858 g/mol. The number of hydrogen-bond acceptors (Lipinski definition) is 12. The van der Waals surface area contributed by atoms with Gasteiger partial charge in [-0.1, -0.05) is 97.1 Å². The van der Waals surface area contributed by atoms with Gasteiger partial charge in [-0.3, -0.25) is 19.2 Å². The second-order valence-corrected chi connectivity index (χ2v) is 14.7. The summed E-state index contributed by atoms with van der Waals surface area (Å²) >= 11 is 0. The van der Waals surface area contributed by atoms with Crippen molar-refractivity contribution in [2.75, 3.05) is 28.4 Å². The third-order valence-corrected chi connectivity index (χ3v) is 10.8. The molecule has 0 N–H and O–H groups in total. The first-order valence-electron chi connectivity index (χ1n) is 20.1. The Morgan fingerprint density at radius 3 is 0.844 bits per heavy atom. The van der Waals surface area contributed by atoms with E-state index in [4.69, 9.17) is 37.9 Å². The van der Waals surface area contributed by atoms with Gasteiger partial charge in [0.05, 0.1) is 28.4 Å². The summed E-state index contributed by atoms with van der Waals surface area (Å²) in [5.41, 5.74) is 2.56. The molecule has 0 saturated heterocycles. The van der Waals surface area contributed by atoms with Crippen LogP contribution in [0, 0.1) is 0 Å². The van der Waals surface area contributed by atoms with Crippen LogP contribution in [0.4, 0.5) is 0 Å². The summed E-state index contributed by atoms with van der Waals surface area (Å²) in [5, 5.41) is 5.20. The molecule has 0 amide bonds. The molecule has 0 radical (unpaired) electrons. The third kappa shape index (κ3) is 7.28. The van der Waals surface area contributed by atoms with Crippen LogP contribution >= 0.6 is 0 Å². The van der Waals surface area contributed by atoms with Crippen molar-refractivity contribution in [3.63, 3.8) is 0 Å². The van der Waals surface area contributed by atoms with E-state index in [2.05, 4.69) is 0 Å². The maximum absolute atomic E-state index is 13.4. The lowest BCUT2D eigenvalue weighted by Crippen LogP contribution is -2.10. The minimum atomic E-state index is -0.674. The maximum atomic E-state index is 13.4. The highest BCUT2D eigenvalue weighted by atomic mass is 16.6. The van der Waals surface area contributed by atoms with Crippen molar-refractivity contribution < 1.29 is 57.1 Å². The van der Waals surface area contributed by atoms with Crippen molar-refractivity contribution in [3.05, 3.63) is 109 Å². The Hall–Kier alpha value is -8.12. The van der Waals surface area contributed by atoms with Crippen LogP contribution in [-0.2, 0) is 19.2 Å². The van der Waals surface area contributed by atoms with Gasteiger partial charge in [-0.15, -0.1) is 0 Å². The first-order chi connectivity index (χ1) is 30.9. The zero-order valence-corrected chi connectivity index (χ0v) is 36.3. The largest absolute Gasteiger partial charge is 0.492 e. The number of carbonyl (C=O) groups excluding carboxylic acids is 4. The second-order valence-electron chi connectivity index (χ2n) is 14.7. The van der Waals surface area contributed by atoms with Crippen molar-refractivity contribution in [1.82, 2.24) is 0 Å². The van der Waals surface area contributed by atoms with Crippen LogP contribution < -0.4 is 37.9 Å². The topological polar surface area (TPSA) is 142 Å². The minimum absolute atomic E-state index is 0.0130. The quantitative estimate of drug-likeness (QED) is 0.0902. The van der Waals surface area contributed by atoms with E-state index in [1.807, 2.05) is 97.1 Å². The standard InChI is InChI=1S/C52H42O12/c1-27(53)61-39-25-31-17-9-11-19-33(31)41(47(39)57-5)43-35-21-13-15-23-37(35)45(51(49(43)59-7)63-29(3)55)46-38-24-16-14-22-36(38)44(50(60-8)52(46)64-30(4)56)42-34-20-12-10-18-32(34)26-40(48(42)58-6)62-28(2)54/h9-26H,1-8H3. The Morgan fingerprint density at radius 2 is 0.562 bits per heavy atom. The van der Waals surface area contributed by atoms with Crippen molar-refractivity contribution in [2.45, 2.75) is 27.7 Å². The molecule has 0 saturated carbocycles. The van der Waals surface area contributed by atoms with Gasteiger partial charge in [0.15, 0.2) is 46.0 Å². The van der Waals surface area contributed by atoms with E-state index in [0.29, 0.717) is 54.9 Å². The molecule has 8 aromatic rings. The molecule has 0 unspecified atom stereocenters. The highest BCUT2D eigenvalue weighted by molar-refractivity contribution is 6.22. The first-order valence-corrected chi connectivity index (χ1v) is 20.1. The molecule has 322 valence electrons. The molecule has 8 rings (SSSR count). The molecule has 0 aliphatic carbocycles. The van der Waals surface area contributed by atoms with Gasteiger partial charge in [0.25, 0.3) is 0 Å². The summed E-state index contributed by atoms with van der Waals surface area (Å²) in [6.45, 7) is 5.16. The SMILES string of the molecule is COc1c(OC(C)=O)cc2ccccc2c1-c1c(OC)c(OC(C)=O)c(-c2c(OC(C)=O)c(OC)c(-c3c(OC)c(OC(C)=O)cc4ccccc34)c3ccccc23)c2ccccc12. The number of rotatable bonds is 11. The number of carbonyl (C=O) groups is 4. The van der Waals surface area contributed by atoms with Gasteiger partial charge in [-0.2, -0.15) is 0 Å². The average molecular weight is 859 g/mol. The van der Waals surface area contributed by atoms with E-state index < -0.39 is 23.9 Å². The fraction of sp³-hybridized carbons (Fsp3) is 0.154. The number of esters is 4. The van der Waals surface area contributed by atoms with Gasteiger partial charge in [0.2, 0.25) is 0 Å². The Bertz CT molecular complexity index is 3020. The molecule has 8 aromatic carbocycles. The zero-order valence-electron chi connectivity index (χ0n) is 36.3. The van der Waals surface area contributed by atoms with Gasteiger partial charge in [-0.25, -0.2) is 0 Å². The number of methoxy groups -OCH3 is 4. The molecule has 64 heavy (non-hydrogen) atoms. The Morgan fingerprint density at radius 1 is 0.312 bits per heavy atom. The van der Waals surface area contributed by atoms with E-state index in [9.17, 15) is 19.2 Å². The molecule has 0 aromatic heterocycles. The minimum Gasteiger partial charge on any atom is -0.492 e. The van der Waals surface area contributed by atoms with Crippen molar-refractivity contribution in [3.8, 4) is 79.4 Å². The first kappa shape index (κ1) is 42.6. The summed E-state index contributed by atoms with van der Waals surface area (Å²) in [5.74, 6) is -1.46. The van der Waals surface area contributed by atoms with Gasteiger partial charge in [-0.05, 0) is 55.2 Å². The van der Waals surface area contributed by atoms with Gasteiger partial charge in [0.1, 0.15) is 0 Å². The van der Waals surface area contributed by atoms with Gasteiger partial charge in [0, 0.05) is 61.1 Å². The molecule has 0 fully saturated rings. The lowest BCUT2D eigenvalue weighted by atomic mass is 9.83. The fourth-order valence-corrected chi connectivity index (χ4v) is 8.61. The zero-order chi connectivity index (χ0) is 45.4. The fourth-order valence-electron chi connectivity index (χ4n) is 8.61. The predicted octanol–water partition coefficient (Wildman–Crippen LogP) is 11.0. The highest BCUT2D eigenvalue weighted by Crippen LogP contribution is 2.61. The number of fused-ring (bicyclic) bond motifs is 4. The van der Waals surface area contributed by atoms with Crippen LogP contribution in [0.1, 0.15) is 27.7 Å². The molecular formula is C52H42O12. The average Bonchev–Trinajstić information content (AvgIpc) is 3.27. The van der Waals surface area contributed by atoms with Crippen molar-refractivity contribution in [2.24, 2.45) is 0 Å². The van der Waals surface area contributed by atoms with Gasteiger partial charge >= 0.3 is 23.9 Å². The van der Waals surface area contributed by atoms with E-state index in [1.54, 1.807) is 12.1 Å². The molecule has 0 aliphatic heterocycles. The predicted molar refractivity (Wildman–Crippen MR) is 244 cm³/mol. The number of ether oxygens (including phenoxy) is 8. The van der Waals surface area contributed by atoms with E-state index >= 15 is 0 Å². The van der Waals surface area contributed by atoms with E-state index in [1.165, 1.54) is 56.1 Å². The maximum Gasteiger partial charge on any atom is 0.308 e. The molecular weight excluding hydrogens is 817 g/mol. The molecule has 12 heteroatoms. The highest BCUT2D eigenvalue weighted by Gasteiger charge is 2.35. The van der Waals surface area contributed by atoms with E-state index in [0.717, 1.165) is 21.5 Å². The van der Waals surface area contributed by atoms with Gasteiger partial charge < -0.3 is 37.9 Å². The normalized spacial score (nSPS) is 11.1. The Labute approximate surface area is 367 Å².